The molecule has 1 fully saturated rings. The molecule has 2 heterocycles. The number of primary amides is 1. The second-order valence-electron chi connectivity index (χ2n) is 8.44. The highest BCUT2D eigenvalue weighted by atomic mass is 35.5. The predicted octanol–water partition coefficient (Wildman–Crippen LogP) is 2.67. The summed E-state index contributed by atoms with van der Waals surface area (Å²) < 4.78 is 0. The van der Waals surface area contributed by atoms with Crippen LogP contribution < -0.4 is 10.6 Å². The van der Waals surface area contributed by atoms with Crippen molar-refractivity contribution in [1.82, 2.24) is 9.80 Å². The summed E-state index contributed by atoms with van der Waals surface area (Å²) in [6.07, 6.45) is 0. The molecule has 1 saturated heterocycles. The van der Waals surface area contributed by atoms with Gasteiger partial charge in [-0.3, -0.25) is 14.5 Å². The molecule has 0 saturated carbocycles. The van der Waals surface area contributed by atoms with Crippen LogP contribution in [0.1, 0.15) is 16.7 Å². The Bertz CT molecular complexity index is 1030. The number of halogens is 2. The van der Waals surface area contributed by atoms with E-state index in [9.17, 15) is 9.59 Å². The molecule has 4 rings (SSSR count). The summed E-state index contributed by atoms with van der Waals surface area (Å²) in [5.74, 6) is -0.726. The van der Waals surface area contributed by atoms with Crippen molar-refractivity contribution in [2.45, 2.75) is 18.4 Å². The molecule has 164 valence electrons. The molecule has 0 aromatic heterocycles. The molecule has 6 nitrogen and oxygen atoms in total. The maximum absolute atomic E-state index is 14.1. The number of carbonyl (C=O) groups is 2. The molecule has 2 aromatic carbocycles. The van der Waals surface area contributed by atoms with Gasteiger partial charge in [0.2, 0.25) is 11.8 Å². The third-order valence-electron chi connectivity index (χ3n) is 6.59. The molecule has 0 bridgehead atoms. The monoisotopic (exact) mass is 460 g/mol. The second-order valence-corrected chi connectivity index (χ2v) is 9.29. The Morgan fingerprint density at radius 3 is 2.26 bits per heavy atom. The Labute approximate surface area is 192 Å². The van der Waals surface area contributed by atoms with Gasteiger partial charge in [0.05, 0.1) is 0 Å². The SMILES string of the molecule is Cc1cc2c(cc1Cl)N(C)C(=O)C2(c1ccc(Cl)cc1)C(C(N)=O)N1CCN(C)CC1. The van der Waals surface area contributed by atoms with E-state index in [1.54, 1.807) is 30.1 Å². The van der Waals surface area contributed by atoms with E-state index in [1.165, 1.54) is 0 Å². The number of hydrogen-bond donors (Lipinski definition) is 1. The number of fused-ring (bicyclic) bond motifs is 1. The molecule has 2 aliphatic heterocycles. The summed E-state index contributed by atoms with van der Waals surface area (Å²) in [4.78, 5) is 32.9. The fraction of sp³-hybridized carbons (Fsp3) is 0.391. The molecule has 0 spiro atoms. The Hall–Kier alpha value is -2.12. The average molecular weight is 461 g/mol. The number of hydrogen-bond acceptors (Lipinski definition) is 4. The van der Waals surface area contributed by atoms with Crippen molar-refractivity contribution < 1.29 is 9.59 Å². The first-order valence-electron chi connectivity index (χ1n) is 10.2. The second kappa shape index (κ2) is 8.10. The zero-order valence-electron chi connectivity index (χ0n) is 17.9. The van der Waals surface area contributed by atoms with Crippen molar-refractivity contribution in [2.24, 2.45) is 5.73 Å². The van der Waals surface area contributed by atoms with E-state index in [4.69, 9.17) is 28.9 Å². The van der Waals surface area contributed by atoms with Gasteiger partial charge in [0.1, 0.15) is 11.5 Å². The molecule has 8 heteroatoms. The average Bonchev–Trinajstić information content (AvgIpc) is 2.93. The van der Waals surface area contributed by atoms with Crippen LogP contribution >= 0.6 is 23.2 Å². The third kappa shape index (κ3) is 3.42. The van der Waals surface area contributed by atoms with Gasteiger partial charge in [-0.25, -0.2) is 0 Å². The molecule has 2 N–H and O–H groups in total. The third-order valence-corrected chi connectivity index (χ3v) is 7.25. The Kier molecular flexibility index (Phi) is 5.77. The summed E-state index contributed by atoms with van der Waals surface area (Å²) in [5, 5.41) is 1.13. The number of carbonyl (C=O) groups excluding carboxylic acids is 2. The van der Waals surface area contributed by atoms with Crippen molar-refractivity contribution in [3.8, 4) is 0 Å². The standard InChI is InChI=1S/C23H26Cl2N4O2/c1-14-12-17-19(13-18(14)25)28(3)22(31)23(17,15-4-6-16(24)7-5-15)20(21(26)30)29-10-8-27(2)9-11-29/h4-7,12-13,20H,8-11H2,1-3H3,(H2,26,30). The lowest BCUT2D eigenvalue weighted by Gasteiger charge is -2.44. The number of aryl methyl sites for hydroxylation is 1. The van der Waals surface area contributed by atoms with E-state index in [1.807, 2.05) is 37.1 Å². The Morgan fingerprint density at radius 1 is 1.06 bits per heavy atom. The van der Waals surface area contributed by atoms with Crippen molar-refractivity contribution in [1.29, 1.82) is 0 Å². The summed E-state index contributed by atoms with van der Waals surface area (Å²) >= 11 is 12.6. The Balaban J connectivity index is 2.02. The summed E-state index contributed by atoms with van der Waals surface area (Å²) in [7, 11) is 3.76. The maximum Gasteiger partial charge on any atom is 0.244 e. The number of nitrogens with zero attached hydrogens (tertiary/aromatic N) is 3. The summed E-state index contributed by atoms with van der Waals surface area (Å²) in [5.41, 5.74) is 7.73. The largest absolute Gasteiger partial charge is 0.368 e. The van der Waals surface area contributed by atoms with Crippen LogP contribution in [0.15, 0.2) is 36.4 Å². The van der Waals surface area contributed by atoms with Gasteiger partial charge >= 0.3 is 0 Å². The maximum atomic E-state index is 14.1. The molecule has 2 aromatic rings. The van der Waals surface area contributed by atoms with Crippen molar-refractivity contribution in [2.75, 3.05) is 45.2 Å². The number of amides is 2. The van der Waals surface area contributed by atoms with Crippen LogP contribution in [0.5, 0.6) is 0 Å². The number of anilines is 1. The van der Waals surface area contributed by atoms with Gasteiger partial charge in [0, 0.05) is 49.0 Å². The van der Waals surface area contributed by atoms with Crippen molar-refractivity contribution in [3.05, 3.63) is 63.1 Å². The normalized spacial score (nSPS) is 23.1. The van der Waals surface area contributed by atoms with Gasteiger partial charge < -0.3 is 15.5 Å². The van der Waals surface area contributed by atoms with Gasteiger partial charge in [-0.05, 0) is 48.9 Å². The van der Waals surface area contributed by atoms with Gasteiger partial charge in [-0.2, -0.15) is 0 Å². The fourth-order valence-corrected chi connectivity index (χ4v) is 5.20. The summed E-state index contributed by atoms with van der Waals surface area (Å²) in [6, 6.07) is 9.99. The minimum absolute atomic E-state index is 0.200. The quantitative estimate of drug-likeness (QED) is 0.761. The minimum Gasteiger partial charge on any atom is -0.368 e. The lowest BCUT2D eigenvalue weighted by atomic mass is 9.68. The van der Waals surface area contributed by atoms with Crippen LogP contribution in [-0.2, 0) is 15.0 Å². The lowest BCUT2D eigenvalue weighted by molar-refractivity contribution is -0.133. The number of piperazine rings is 1. The predicted molar refractivity (Wildman–Crippen MR) is 124 cm³/mol. The van der Waals surface area contributed by atoms with Crippen molar-refractivity contribution in [3.63, 3.8) is 0 Å². The lowest BCUT2D eigenvalue weighted by Crippen LogP contribution is -2.64. The smallest absolute Gasteiger partial charge is 0.244 e. The van der Waals surface area contributed by atoms with Crippen LogP contribution in [0.4, 0.5) is 5.69 Å². The molecular weight excluding hydrogens is 435 g/mol. The topological polar surface area (TPSA) is 69.9 Å². The highest BCUT2D eigenvalue weighted by Gasteiger charge is 2.60. The molecule has 0 aliphatic carbocycles. The van der Waals surface area contributed by atoms with Crippen LogP contribution in [0.25, 0.3) is 0 Å². The van der Waals surface area contributed by atoms with E-state index in [0.29, 0.717) is 34.4 Å². The zero-order valence-corrected chi connectivity index (χ0v) is 19.4. The van der Waals surface area contributed by atoms with Gasteiger partial charge in [0.15, 0.2) is 0 Å². The van der Waals surface area contributed by atoms with Crippen LogP contribution in [0.3, 0.4) is 0 Å². The van der Waals surface area contributed by atoms with E-state index < -0.39 is 17.4 Å². The van der Waals surface area contributed by atoms with E-state index in [0.717, 1.165) is 24.2 Å². The molecule has 2 atom stereocenters. The van der Waals surface area contributed by atoms with E-state index in [2.05, 4.69) is 4.90 Å². The highest BCUT2D eigenvalue weighted by molar-refractivity contribution is 6.32. The first-order valence-corrected chi connectivity index (χ1v) is 11.0. The Morgan fingerprint density at radius 2 is 1.68 bits per heavy atom. The van der Waals surface area contributed by atoms with Gasteiger partial charge in [-0.15, -0.1) is 0 Å². The number of rotatable bonds is 4. The van der Waals surface area contributed by atoms with Gasteiger partial charge in [0.25, 0.3) is 0 Å². The van der Waals surface area contributed by atoms with Crippen LogP contribution in [-0.4, -0.2) is 67.9 Å². The van der Waals surface area contributed by atoms with Gasteiger partial charge in [-0.1, -0.05) is 41.4 Å². The molecular formula is C23H26Cl2N4O2. The molecule has 2 aliphatic rings. The first kappa shape index (κ1) is 22.1. The van der Waals surface area contributed by atoms with Crippen LogP contribution in [0.2, 0.25) is 10.0 Å². The fourth-order valence-electron chi connectivity index (χ4n) is 4.91. The number of benzene rings is 2. The highest BCUT2D eigenvalue weighted by Crippen LogP contribution is 2.50. The van der Waals surface area contributed by atoms with Crippen molar-refractivity contribution >= 4 is 40.7 Å². The van der Waals surface area contributed by atoms with E-state index in [-0.39, 0.29) is 5.91 Å². The molecule has 31 heavy (non-hydrogen) atoms. The number of nitrogens with two attached hydrogens (primary N) is 1. The van der Waals surface area contributed by atoms with Crippen LogP contribution in [0, 0.1) is 6.92 Å². The summed E-state index contributed by atoms with van der Waals surface area (Å²) in [6.45, 7) is 4.75. The molecule has 2 unspecified atom stereocenters. The number of likely N-dealkylation sites (N-methyl/N-ethyl adjacent to an activating group) is 2. The zero-order chi connectivity index (χ0) is 22.5. The molecule has 0 radical (unpaired) electrons. The first-order chi connectivity index (χ1) is 14.7. The minimum atomic E-state index is -1.29. The molecule has 2 amide bonds. The van der Waals surface area contributed by atoms with E-state index >= 15 is 0 Å².